The van der Waals surface area contributed by atoms with Crippen LogP contribution >= 0.6 is 0 Å². The van der Waals surface area contributed by atoms with Crippen molar-refractivity contribution >= 4 is 5.91 Å². The van der Waals surface area contributed by atoms with Gasteiger partial charge in [-0.25, -0.2) is 0 Å². The predicted octanol–water partition coefficient (Wildman–Crippen LogP) is 1.42. The second-order valence-electron chi connectivity index (χ2n) is 4.54. The highest BCUT2D eigenvalue weighted by Gasteiger charge is 2.44. The molecule has 1 aliphatic carbocycles. The van der Waals surface area contributed by atoms with Crippen LogP contribution < -0.4 is 11.1 Å². The third kappa shape index (κ3) is 2.47. The lowest BCUT2D eigenvalue weighted by molar-refractivity contribution is -0.127. The van der Waals surface area contributed by atoms with Crippen molar-refractivity contribution < 1.29 is 4.79 Å². The Morgan fingerprint density at radius 3 is 2.36 bits per heavy atom. The lowest BCUT2D eigenvalue weighted by Crippen LogP contribution is -2.55. The van der Waals surface area contributed by atoms with Gasteiger partial charge < -0.3 is 11.1 Å². The van der Waals surface area contributed by atoms with Gasteiger partial charge in [-0.05, 0) is 38.5 Å². The van der Waals surface area contributed by atoms with E-state index >= 15 is 0 Å². The third-order valence-corrected chi connectivity index (χ3v) is 3.24. The Hall–Kier alpha value is -0.570. The van der Waals surface area contributed by atoms with Crippen molar-refractivity contribution in [3.8, 4) is 0 Å². The van der Waals surface area contributed by atoms with E-state index in [0.717, 1.165) is 25.7 Å². The first kappa shape index (κ1) is 11.5. The van der Waals surface area contributed by atoms with E-state index in [2.05, 4.69) is 19.2 Å². The van der Waals surface area contributed by atoms with Gasteiger partial charge in [-0.2, -0.15) is 0 Å². The molecular formula is C11H22N2O. The second-order valence-corrected chi connectivity index (χ2v) is 4.54. The molecule has 0 aromatic rings. The first-order chi connectivity index (χ1) is 6.52. The molecule has 3 nitrogen and oxygen atoms in total. The zero-order valence-corrected chi connectivity index (χ0v) is 9.47. The average molecular weight is 198 g/mol. The van der Waals surface area contributed by atoms with Crippen LogP contribution in [0.1, 0.15) is 46.5 Å². The van der Waals surface area contributed by atoms with E-state index in [0.29, 0.717) is 5.92 Å². The largest absolute Gasteiger partial charge is 0.352 e. The number of carbonyl (C=O) groups excluding carboxylic acids is 1. The summed E-state index contributed by atoms with van der Waals surface area (Å²) in [5.74, 6) is 0.422. The summed E-state index contributed by atoms with van der Waals surface area (Å²) in [5, 5.41) is 3.01. The third-order valence-electron chi connectivity index (χ3n) is 3.24. The zero-order valence-electron chi connectivity index (χ0n) is 9.47. The smallest absolute Gasteiger partial charge is 0.240 e. The highest BCUT2D eigenvalue weighted by molar-refractivity contribution is 5.86. The summed E-state index contributed by atoms with van der Waals surface area (Å²) in [4.78, 5) is 11.8. The van der Waals surface area contributed by atoms with Crippen LogP contribution in [-0.2, 0) is 4.79 Å². The summed E-state index contributed by atoms with van der Waals surface area (Å²) < 4.78 is 0. The number of rotatable bonds is 5. The summed E-state index contributed by atoms with van der Waals surface area (Å²) in [5.41, 5.74) is 5.36. The van der Waals surface area contributed by atoms with Crippen molar-refractivity contribution in [2.45, 2.75) is 58.0 Å². The van der Waals surface area contributed by atoms with Crippen LogP contribution in [0, 0.1) is 5.92 Å². The highest BCUT2D eigenvalue weighted by atomic mass is 16.2. The van der Waals surface area contributed by atoms with Gasteiger partial charge in [-0.15, -0.1) is 0 Å². The quantitative estimate of drug-likeness (QED) is 0.702. The molecule has 14 heavy (non-hydrogen) atoms. The summed E-state index contributed by atoms with van der Waals surface area (Å²) in [7, 11) is 0. The molecule has 0 bridgehead atoms. The molecule has 0 heterocycles. The maximum atomic E-state index is 11.8. The van der Waals surface area contributed by atoms with Crippen LogP contribution in [-0.4, -0.2) is 17.5 Å². The Labute approximate surface area is 86.4 Å². The van der Waals surface area contributed by atoms with Gasteiger partial charge in [0, 0.05) is 6.04 Å². The van der Waals surface area contributed by atoms with Gasteiger partial charge in [-0.1, -0.05) is 13.8 Å². The molecule has 1 unspecified atom stereocenters. The van der Waals surface area contributed by atoms with Crippen molar-refractivity contribution in [3.63, 3.8) is 0 Å². The highest BCUT2D eigenvalue weighted by Crippen LogP contribution is 2.38. The van der Waals surface area contributed by atoms with Crippen LogP contribution in [0.3, 0.4) is 0 Å². The minimum Gasteiger partial charge on any atom is -0.352 e. The fourth-order valence-corrected chi connectivity index (χ4v) is 1.70. The van der Waals surface area contributed by atoms with Crippen molar-refractivity contribution in [1.29, 1.82) is 0 Å². The van der Waals surface area contributed by atoms with E-state index in [-0.39, 0.29) is 11.9 Å². The number of nitrogens with one attached hydrogen (secondary N) is 1. The van der Waals surface area contributed by atoms with E-state index in [4.69, 9.17) is 5.73 Å². The minimum atomic E-state index is -0.650. The minimum absolute atomic E-state index is 0.0219. The first-order valence-electron chi connectivity index (χ1n) is 5.62. The van der Waals surface area contributed by atoms with Crippen molar-refractivity contribution in [1.82, 2.24) is 5.32 Å². The lowest BCUT2D eigenvalue weighted by Gasteiger charge is -2.26. The molecule has 0 aromatic carbocycles. The molecule has 0 saturated heterocycles. The van der Waals surface area contributed by atoms with Gasteiger partial charge in [0.1, 0.15) is 0 Å². The Balaban J connectivity index is 2.47. The van der Waals surface area contributed by atoms with E-state index in [9.17, 15) is 4.79 Å². The first-order valence-corrected chi connectivity index (χ1v) is 5.62. The summed E-state index contributed by atoms with van der Waals surface area (Å²) in [6.45, 7) is 6.02. The SMILES string of the molecule is CCC(CC)NC(=O)C(C)(N)C1CC1. The number of hydrogen-bond donors (Lipinski definition) is 2. The summed E-state index contributed by atoms with van der Waals surface area (Å²) >= 11 is 0. The van der Waals surface area contributed by atoms with Crippen LogP contribution in [0.5, 0.6) is 0 Å². The van der Waals surface area contributed by atoms with Crippen LogP contribution in [0.2, 0.25) is 0 Å². The van der Waals surface area contributed by atoms with Gasteiger partial charge >= 0.3 is 0 Å². The molecule has 1 amide bonds. The van der Waals surface area contributed by atoms with Gasteiger partial charge in [0.15, 0.2) is 0 Å². The predicted molar refractivity (Wildman–Crippen MR) is 57.8 cm³/mol. The van der Waals surface area contributed by atoms with Crippen LogP contribution in [0.15, 0.2) is 0 Å². The number of nitrogens with two attached hydrogens (primary N) is 1. The molecular weight excluding hydrogens is 176 g/mol. The monoisotopic (exact) mass is 198 g/mol. The Morgan fingerprint density at radius 1 is 1.50 bits per heavy atom. The lowest BCUT2D eigenvalue weighted by atomic mass is 9.95. The van der Waals surface area contributed by atoms with Crippen molar-refractivity contribution in [3.05, 3.63) is 0 Å². The maximum absolute atomic E-state index is 11.8. The number of carbonyl (C=O) groups is 1. The normalized spacial score (nSPS) is 20.6. The molecule has 0 spiro atoms. The van der Waals surface area contributed by atoms with Crippen molar-refractivity contribution in [2.75, 3.05) is 0 Å². The second kappa shape index (κ2) is 4.30. The van der Waals surface area contributed by atoms with Crippen LogP contribution in [0.25, 0.3) is 0 Å². The van der Waals surface area contributed by atoms with Gasteiger partial charge in [0.2, 0.25) is 5.91 Å². The molecule has 0 radical (unpaired) electrons. The fourth-order valence-electron chi connectivity index (χ4n) is 1.70. The Morgan fingerprint density at radius 2 is 2.00 bits per heavy atom. The molecule has 0 aliphatic heterocycles. The Bertz CT molecular complexity index is 205. The number of hydrogen-bond acceptors (Lipinski definition) is 2. The molecule has 0 aromatic heterocycles. The summed E-state index contributed by atoms with van der Waals surface area (Å²) in [6, 6.07) is 0.282. The number of amides is 1. The fraction of sp³-hybridized carbons (Fsp3) is 0.909. The van der Waals surface area contributed by atoms with Gasteiger partial charge in [-0.3, -0.25) is 4.79 Å². The Kier molecular flexibility index (Phi) is 3.53. The molecule has 3 heteroatoms. The molecule has 1 rings (SSSR count). The average Bonchev–Trinajstić information content (AvgIpc) is 2.96. The van der Waals surface area contributed by atoms with Gasteiger partial charge in [0.25, 0.3) is 0 Å². The van der Waals surface area contributed by atoms with Crippen molar-refractivity contribution in [2.24, 2.45) is 11.7 Å². The molecule has 1 aliphatic rings. The maximum Gasteiger partial charge on any atom is 0.240 e. The molecule has 1 fully saturated rings. The zero-order chi connectivity index (χ0) is 10.8. The molecule has 3 N–H and O–H groups in total. The molecule has 1 saturated carbocycles. The van der Waals surface area contributed by atoms with Crippen LogP contribution in [0.4, 0.5) is 0 Å². The van der Waals surface area contributed by atoms with E-state index in [1.54, 1.807) is 0 Å². The molecule has 1 atom stereocenters. The van der Waals surface area contributed by atoms with E-state index in [1.165, 1.54) is 0 Å². The van der Waals surface area contributed by atoms with Gasteiger partial charge in [0.05, 0.1) is 5.54 Å². The standard InChI is InChI=1S/C11H22N2O/c1-4-9(5-2)13-10(14)11(3,12)8-6-7-8/h8-9H,4-7,12H2,1-3H3,(H,13,14). The van der Waals surface area contributed by atoms with E-state index in [1.807, 2.05) is 6.92 Å². The molecule has 82 valence electrons. The summed E-state index contributed by atoms with van der Waals surface area (Å²) in [6.07, 6.45) is 4.15. The van der Waals surface area contributed by atoms with E-state index < -0.39 is 5.54 Å². The topological polar surface area (TPSA) is 55.1 Å².